The van der Waals surface area contributed by atoms with Crippen molar-refractivity contribution in [1.82, 2.24) is 20.4 Å². The number of aryl methyl sites for hydroxylation is 2. The Balaban J connectivity index is 1.66. The van der Waals surface area contributed by atoms with Crippen LogP contribution in [-0.2, 0) is 20.0 Å². The monoisotopic (exact) mass is 278 g/mol. The van der Waals surface area contributed by atoms with Gasteiger partial charge in [-0.3, -0.25) is 4.68 Å². The van der Waals surface area contributed by atoms with E-state index in [2.05, 4.69) is 15.7 Å². The summed E-state index contributed by atoms with van der Waals surface area (Å²) in [5.74, 6) is 0. The van der Waals surface area contributed by atoms with E-state index in [1.807, 2.05) is 42.2 Å². The maximum atomic E-state index is 11.6. The number of nitrogens with zero attached hydrogens (tertiary/aromatic N) is 2. The van der Waals surface area contributed by atoms with Crippen LogP contribution in [0.3, 0.4) is 0 Å². The summed E-state index contributed by atoms with van der Waals surface area (Å²) in [7, 11) is 1.92. The molecule has 2 aromatic rings. The molecule has 2 aromatic heterocycles. The number of carbonyl (C=O) groups excluding carboxylic acids is 1. The third-order valence-electron chi connectivity index (χ3n) is 2.83. The molecule has 2 amide bonds. The lowest BCUT2D eigenvalue weighted by Gasteiger charge is -2.05. The van der Waals surface area contributed by atoms with Crippen molar-refractivity contribution in [3.63, 3.8) is 0 Å². The molecule has 0 aromatic carbocycles. The Bertz CT molecular complexity index is 513. The van der Waals surface area contributed by atoms with E-state index in [1.165, 1.54) is 0 Å². The molecule has 6 heteroatoms. The van der Waals surface area contributed by atoms with E-state index in [9.17, 15) is 4.79 Å². The first-order chi connectivity index (χ1) is 9.15. The van der Waals surface area contributed by atoms with Gasteiger partial charge in [0.25, 0.3) is 0 Å². The molecule has 2 N–H and O–H groups in total. The molecule has 0 aliphatic carbocycles. The van der Waals surface area contributed by atoms with Gasteiger partial charge in [0.05, 0.1) is 12.2 Å². The normalized spacial score (nSPS) is 10.4. The average molecular weight is 278 g/mol. The Morgan fingerprint density at radius 3 is 2.95 bits per heavy atom. The second kappa shape index (κ2) is 6.38. The largest absolute Gasteiger partial charge is 0.338 e. The third kappa shape index (κ3) is 4.10. The van der Waals surface area contributed by atoms with E-state index in [4.69, 9.17) is 0 Å². The number of thiophene rings is 1. The SMILES string of the molecule is Cc1cc(CCNC(=O)NCc2cccs2)nn1C. The van der Waals surface area contributed by atoms with E-state index in [0.29, 0.717) is 13.1 Å². The Kier molecular flexibility index (Phi) is 4.57. The molecule has 102 valence electrons. The first-order valence-electron chi connectivity index (χ1n) is 6.19. The fraction of sp³-hybridized carbons (Fsp3) is 0.385. The van der Waals surface area contributed by atoms with Gasteiger partial charge in [-0.2, -0.15) is 5.10 Å². The molecule has 0 aliphatic heterocycles. The highest BCUT2D eigenvalue weighted by atomic mass is 32.1. The minimum Gasteiger partial charge on any atom is -0.338 e. The van der Waals surface area contributed by atoms with Gasteiger partial charge in [0.15, 0.2) is 0 Å². The van der Waals surface area contributed by atoms with E-state index >= 15 is 0 Å². The molecule has 0 bridgehead atoms. The van der Waals surface area contributed by atoms with Gasteiger partial charge in [0, 0.05) is 30.6 Å². The van der Waals surface area contributed by atoms with Crippen LogP contribution in [0.1, 0.15) is 16.3 Å². The lowest BCUT2D eigenvalue weighted by molar-refractivity contribution is 0.240. The highest BCUT2D eigenvalue weighted by Crippen LogP contribution is 2.07. The molecule has 0 radical (unpaired) electrons. The second-order valence-electron chi connectivity index (χ2n) is 4.34. The molecule has 0 atom stereocenters. The molecule has 0 spiro atoms. The summed E-state index contributed by atoms with van der Waals surface area (Å²) in [5, 5.41) is 12.0. The number of hydrogen-bond acceptors (Lipinski definition) is 3. The fourth-order valence-corrected chi connectivity index (χ4v) is 2.35. The molecule has 0 unspecified atom stereocenters. The molecule has 19 heavy (non-hydrogen) atoms. The van der Waals surface area contributed by atoms with Crippen molar-refractivity contribution in [3.8, 4) is 0 Å². The maximum Gasteiger partial charge on any atom is 0.315 e. The van der Waals surface area contributed by atoms with E-state index in [0.717, 1.165) is 22.7 Å². The van der Waals surface area contributed by atoms with Crippen LogP contribution in [0.2, 0.25) is 0 Å². The summed E-state index contributed by atoms with van der Waals surface area (Å²) in [6.07, 6.45) is 0.744. The molecule has 0 saturated carbocycles. The summed E-state index contributed by atoms with van der Waals surface area (Å²) in [6, 6.07) is 5.87. The quantitative estimate of drug-likeness (QED) is 0.876. The van der Waals surface area contributed by atoms with Crippen LogP contribution in [0, 0.1) is 6.92 Å². The summed E-state index contributed by atoms with van der Waals surface area (Å²) >= 11 is 1.63. The Hall–Kier alpha value is -1.82. The molecule has 2 rings (SSSR count). The van der Waals surface area contributed by atoms with Gasteiger partial charge in [-0.05, 0) is 24.4 Å². The summed E-state index contributed by atoms with van der Waals surface area (Å²) in [4.78, 5) is 12.7. The Morgan fingerprint density at radius 1 is 1.47 bits per heavy atom. The standard InChI is InChI=1S/C13H18N4OS/c1-10-8-11(16-17(10)2)5-6-14-13(18)15-9-12-4-3-7-19-12/h3-4,7-8H,5-6,9H2,1-2H3,(H2,14,15,18). The highest BCUT2D eigenvalue weighted by molar-refractivity contribution is 7.09. The van der Waals surface area contributed by atoms with Crippen LogP contribution in [0.25, 0.3) is 0 Å². The number of carbonyl (C=O) groups is 1. The molecule has 0 saturated heterocycles. The molecule has 5 nitrogen and oxygen atoms in total. The van der Waals surface area contributed by atoms with Crippen LogP contribution < -0.4 is 10.6 Å². The molecule has 0 fully saturated rings. The van der Waals surface area contributed by atoms with Gasteiger partial charge >= 0.3 is 6.03 Å². The summed E-state index contributed by atoms with van der Waals surface area (Å²) < 4.78 is 1.84. The predicted octanol–water partition coefficient (Wildman–Crippen LogP) is 1.83. The lowest BCUT2D eigenvalue weighted by atomic mass is 10.3. The average Bonchev–Trinajstić information content (AvgIpc) is 2.98. The van der Waals surface area contributed by atoms with Gasteiger partial charge in [-0.25, -0.2) is 4.79 Å². The smallest absolute Gasteiger partial charge is 0.315 e. The van der Waals surface area contributed by atoms with Crippen molar-refractivity contribution in [2.24, 2.45) is 7.05 Å². The second-order valence-corrected chi connectivity index (χ2v) is 5.37. The highest BCUT2D eigenvalue weighted by Gasteiger charge is 2.03. The Morgan fingerprint density at radius 2 is 2.32 bits per heavy atom. The maximum absolute atomic E-state index is 11.6. The van der Waals surface area contributed by atoms with Gasteiger partial charge in [0.2, 0.25) is 0 Å². The lowest BCUT2D eigenvalue weighted by Crippen LogP contribution is -2.36. The predicted molar refractivity (Wildman–Crippen MR) is 76.2 cm³/mol. The molecular formula is C13H18N4OS. The number of urea groups is 1. The van der Waals surface area contributed by atoms with Crippen LogP contribution in [0.15, 0.2) is 23.6 Å². The number of hydrogen-bond donors (Lipinski definition) is 2. The van der Waals surface area contributed by atoms with Crippen LogP contribution in [0.4, 0.5) is 4.79 Å². The number of nitrogens with one attached hydrogen (secondary N) is 2. The van der Waals surface area contributed by atoms with Crippen molar-refractivity contribution in [2.45, 2.75) is 19.9 Å². The summed E-state index contributed by atoms with van der Waals surface area (Å²) in [5.41, 5.74) is 2.12. The van der Waals surface area contributed by atoms with Gasteiger partial charge < -0.3 is 10.6 Å². The van der Waals surface area contributed by atoms with Crippen molar-refractivity contribution in [1.29, 1.82) is 0 Å². The van der Waals surface area contributed by atoms with Crippen LogP contribution in [-0.4, -0.2) is 22.4 Å². The Labute approximate surface area is 116 Å². The fourth-order valence-electron chi connectivity index (χ4n) is 1.70. The number of rotatable bonds is 5. The minimum atomic E-state index is -0.138. The van der Waals surface area contributed by atoms with E-state index in [1.54, 1.807) is 11.3 Å². The van der Waals surface area contributed by atoms with Crippen molar-refractivity contribution >= 4 is 17.4 Å². The number of aromatic nitrogens is 2. The van der Waals surface area contributed by atoms with Crippen LogP contribution >= 0.6 is 11.3 Å². The molecular weight excluding hydrogens is 260 g/mol. The van der Waals surface area contributed by atoms with Gasteiger partial charge in [-0.1, -0.05) is 6.07 Å². The zero-order chi connectivity index (χ0) is 13.7. The first kappa shape index (κ1) is 13.6. The minimum absolute atomic E-state index is 0.138. The van der Waals surface area contributed by atoms with E-state index < -0.39 is 0 Å². The van der Waals surface area contributed by atoms with Crippen LogP contribution in [0.5, 0.6) is 0 Å². The molecule has 2 heterocycles. The van der Waals surface area contributed by atoms with E-state index in [-0.39, 0.29) is 6.03 Å². The topological polar surface area (TPSA) is 59.0 Å². The van der Waals surface area contributed by atoms with Crippen molar-refractivity contribution in [2.75, 3.05) is 6.54 Å². The van der Waals surface area contributed by atoms with Crippen molar-refractivity contribution < 1.29 is 4.79 Å². The zero-order valence-corrected chi connectivity index (χ0v) is 12.0. The van der Waals surface area contributed by atoms with Gasteiger partial charge in [0.1, 0.15) is 0 Å². The summed E-state index contributed by atoms with van der Waals surface area (Å²) in [6.45, 7) is 3.18. The number of amides is 2. The first-order valence-corrected chi connectivity index (χ1v) is 7.06. The third-order valence-corrected chi connectivity index (χ3v) is 3.71. The van der Waals surface area contributed by atoms with Crippen molar-refractivity contribution in [3.05, 3.63) is 39.8 Å². The molecule has 0 aliphatic rings. The van der Waals surface area contributed by atoms with Gasteiger partial charge in [-0.15, -0.1) is 11.3 Å². The zero-order valence-electron chi connectivity index (χ0n) is 11.1.